The molecule has 9 rings (SSSR count). The second kappa shape index (κ2) is 12.4. The summed E-state index contributed by atoms with van der Waals surface area (Å²) in [4.78, 5) is 58.3. The number of carbonyl (C=O) groups is 4. The van der Waals surface area contributed by atoms with Crippen LogP contribution >= 0.6 is 22.9 Å². The molecule has 2 saturated heterocycles. The minimum atomic E-state index is -1.39. The number of halogens is 1. The number of phenols is 1. The third kappa shape index (κ3) is 4.93. The molecule has 2 aliphatic carbocycles. The van der Waals surface area contributed by atoms with Crippen LogP contribution in [0.15, 0.2) is 84.4 Å². The number of nitrogens with zero attached hydrogens (tertiary/aromatic N) is 4. The lowest BCUT2D eigenvalue weighted by Crippen LogP contribution is -2.48. The molecule has 3 aromatic carbocycles. The SMILES string of the molecule is Cc1c(-c2cc(N3C(=O)[C@@H]4C[C@@H]5C(=CC[C@@H]6C(=O)N(O)C(=O)[C@@H]65)[C@H](c5ccc(OCc6ccccc6)cc5O)[C@]4(C)C3=O)n(C)n2)sc2ccc(Cl)cc12. The van der Waals surface area contributed by atoms with E-state index in [1.807, 2.05) is 61.5 Å². The predicted molar refractivity (Wildman–Crippen MR) is 201 cm³/mol. The lowest BCUT2D eigenvalue weighted by Gasteiger charge is -2.49. The molecule has 3 fully saturated rings. The van der Waals surface area contributed by atoms with Crippen molar-refractivity contribution in [2.75, 3.05) is 4.90 Å². The van der Waals surface area contributed by atoms with Crippen molar-refractivity contribution in [3.8, 4) is 22.1 Å². The number of rotatable bonds is 6. The van der Waals surface area contributed by atoms with Crippen molar-refractivity contribution in [3.63, 3.8) is 0 Å². The summed E-state index contributed by atoms with van der Waals surface area (Å²) in [7, 11) is 1.69. The Morgan fingerprint density at radius 3 is 2.52 bits per heavy atom. The van der Waals surface area contributed by atoms with Gasteiger partial charge in [0, 0.05) is 40.4 Å². The number of hydrogen-bond donors (Lipinski definition) is 2. The van der Waals surface area contributed by atoms with Gasteiger partial charge in [-0.1, -0.05) is 59.6 Å². The minimum absolute atomic E-state index is 0.105. The molecule has 13 heteroatoms. The molecule has 0 bridgehead atoms. The number of anilines is 1. The molecule has 11 nitrogen and oxygen atoms in total. The number of imide groups is 2. The van der Waals surface area contributed by atoms with Crippen LogP contribution in [0.25, 0.3) is 20.7 Å². The van der Waals surface area contributed by atoms with Crippen LogP contribution in [0.4, 0.5) is 5.82 Å². The molecule has 4 amide bonds. The van der Waals surface area contributed by atoms with E-state index >= 15 is 4.79 Å². The molecule has 5 aromatic rings. The number of thiophene rings is 1. The quantitative estimate of drug-likeness (QED) is 0.105. The molecule has 2 aliphatic heterocycles. The highest BCUT2D eigenvalue weighted by molar-refractivity contribution is 7.22. The maximum atomic E-state index is 15.1. The Bertz CT molecular complexity index is 2480. The van der Waals surface area contributed by atoms with E-state index < -0.39 is 58.6 Å². The number of aromatic nitrogens is 2. The van der Waals surface area contributed by atoms with Gasteiger partial charge in [0.25, 0.3) is 11.8 Å². The van der Waals surface area contributed by atoms with Crippen LogP contribution in [0.5, 0.6) is 11.5 Å². The summed E-state index contributed by atoms with van der Waals surface area (Å²) in [5.74, 6) is -5.83. The highest BCUT2D eigenvalue weighted by Gasteiger charge is 2.68. The highest BCUT2D eigenvalue weighted by Crippen LogP contribution is 2.64. The molecule has 4 heterocycles. The van der Waals surface area contributed by atoms with Crippen LogP contribution in [0.1, 0.15) is 42.4 Å². The summed E-state index contributed by atoms with van der Waals surface area (Å²) < 4.78 is 8.55. The molecular formula is C41H35ClN4O7S. The first-order chi connectivity index (χ1) is 25.9. The number of amides is 4. The molecule has 274 valence electrons. The Hall–Kier alpha value is -5.30. The summed E-state index contributed by atoms with van der Waals surface area (Å²) in [6.07, 6.45) is 2.14. The number of aromatic hydroxyl groups is 1. The zero-order valence-corrected chi connectivity index (χ0v) is 31.1. The molecule has 4 aliphatic rings. The van der Waals surface area contributed by atoms with Gasteiger partial charge in [-0.15, -0.1) is 11.3 Å². The van der Waals surface area contributed by atoms with Crippen LogP contribution in [0.3, 0.4) is 0 Å². The van der Waals surface area contributed by atoms with E-state index in [4.69, 9.17) is 21.4 Å². The van der Waals surface area contributed by atoms with E-state index in [0.717, 1.165) is 26.1 Å². The lowest BCUT2D eigenvalue weighted by atomic mass is 9.51. The molecule has 1 saturated carbocycles. The molecule has 2 aromatic heterocycles. The minimum Gasteiger partial charge on any atom is -0.508 e. The smallest absolute Gasteiger partial charge is 0.257 e. The van der Waals surface area contributed by atoms with Crippen LogP contribution < -0.4 is 9.64 Å². The standard InChI is InChI=1S/C41H35ClN4O7S/c1-20-27-15-22(42)9-14-32(27)54-36(20)30-18-33(44(3)43-30)45-38(49)29-17-28-24(12-13-26-34(28)39(50)46(52)37(26)48)35(41(29,2)40(45)51)25-11-10-23(16-31(25)47)53-19-21-7-5-4-6-8-21/h4-12,14-16,18,26,28-29,34-35,47,52H,13,17,19H2,1-3H3/t26-,28+,29-,34-,35+,41+/m0/s1. The zero-order valence-electron chi connectivity index (χ0n) is 29.5. The molecule has 0 spiro atoms. The predicted octanol–water partition coefficient (Wildman–Crippen LogP) is 7.17. The monoisotopic (exact) mass is 762 g/mol. The van der Waals surface area contributed by atoms with Crippen LogP contribution in [0.2, 0.25) is 5.02 Å². The highest BCUT2D eigenvalue weighted by atomic mass is 35.5. The van der Waals surface area contributed by atoms with Crippen molar-refractivity contribution in [2.45, 2.75) is 39.2 Å². The maximum Gasteiger partial charge on any atom is 0.257 e. The second-order valence-corrected chi connectivity index (χ2v) is 16.3. The van der Waals surface area contributed by atoms with E-state index in [0.29, 0.717) is 33.4 Å². The number of hydroxylamine groups is 2. The van der Waals surface area contributed by atoms with Crippen molar-refractivity contribution in [3.05, 3.63) is 106 Å². The average Bonchev–Trinajstić information content (AvgIpc) is 3.82. The average molecular weight is 763 g/mol. The van der Waals surface area contributed by atoms with Gasteiger partial charge in [0.1, 0.15) is 29.6 Å². The van der Waals surface area contributed by atoms with E-state index in [-0.39, 0.29) is 30.3 Å². The molecule has 0 unspecified atom stereocenters. The van der Waals surface area contributed by atoms with Crippen molar-refractivity contribution >= 4 is 62.5 Å². The van der Waals surface area contributed by atoms with Crippen molar-refractivity contribution in [1.29, 1.82) is 0 Å². The van der Waals surface area contributed by atoms with Crippen molar-refractivity contribution < 1.29 is 34.2 Å². The molecule has 0 radical (unpaired) electrons. The van der Waals surface area contributed by atoms with Crippen molar-refractivity contribution in [1.82, 2.24) is 14.8 Å². The Balaban J connectivity index is 1.13. The van der Waals surface area contributed by atoms with Gasteiger partial charge in [0.15, 0.2) is 0 Å². The number of benzene rings is 3. The number of fused-ring (bicyclic) bond motifs is 5. The first-order valence-corrected chi connectivity index (χ1v) is 19.0. The van der Waals surface area contributed by atoms with Gasteiger partial charge in [-0.2, -0.15) is 10.2 Å². The summed E-state index contributed by atoms with van der Waals surface area (Å²) >= 11 is 7.85. The summed E-state index contributed by atoms with van der Waals surface area (Å²) in [6.45, 7) is 4.01. The van der Waals surface area contributed by atoms with Crippen molar-refractivity contribution in [2.24, 2.45) is 36.1 Å². The van der Waals surface area contributed by atoms with E-state index in [9.17, 15) is 24.7 Å². The topological polar surface area (TPSA) is 142 Å². The Morgan fingerprint density at radius 2 is 1.76 bits per heavy atom. The first kappa shape index (κ1) is 34.5. The number of ether oxygens (including phenoxy) is 1. The molecule has 6 atom stereocenters. The fourth-order valence-corrected chi connectivity index (χ4v) is 10.7. The number of carbonyl (C=O) groups excluding carboxylic acids is 4. The van der Waals surface area contributed by atoms with Gasteiger partial charge in [-0.05, 0) is 73.4 Å². The third-order valence-electron chi connectivity index (χ3n) is 12.0. The van der Waals surface area contributed by atoms with Crippen LogP contribution in [-0.2, 0) is 32.8 Å². The second-order valence-electron chi connectivity index (χ2n) is 14.9. The van der Waals surface area contributed by atoms with Gasteiger partial charge in [0.05, 0.1) is 28.0 Å². The van der Waals surface area contributed by atoms with Gasteiger partial charge in [-0.25, -0.2) is 4.90 Å². The van der Waals surface area contributed by atoms with Gasteiger partial charge < -0.3 is 9.84 Å². The summed E-state index contributed by atoms with van der Waals surface area (Å²) in [5.41, 5.74) is 2.22. The van der Waals surface area contributed by atoms with E-state index in [2.05, 4.69) is 0 Å². The molecule has 2 N–H and O–H groups in total. The fraction of sp³-hybridized carbons (Fsp3) is 0.293. The largest absolute Gasteiger partial charge is 0.508 e. The summed E-state index contributed by atoms with van der Waals surface area (Å²) in [5, 5.41) is 28.7. The third-order valence-corrected chi connectivity index (χ3v) is 13.6. The van der Waals surface area contributed by atoms with Crippen LogP contribution in [0, 0.1) is 36.0 Å². The lowest BCUT2D eigenvalue weighted by molar-refractivity contribution is -0.173. The van der Waals surface area contributed by atoms with Crippen LogP contribution in [-0.4, -0.2) is 48.8 Å². The fourth-order valence-electron chi connectivity index (χ4n) is 9.37. The normalized spacial score (nSPS) is 26.3. The van der Waals surface area contributed by atoms with Gasteiger partial charge in [0.2, 0.25) is 11.8 Å². The Morgan fingerprint density at radius 1 is 0.981 bits per heavy atom. The van der Waals surface area contributed by atoms with Gasteiger partial charge in [-0.3, -0.25) is 29.1 Å². The number of aryl methyl sites for hydroxylation is 2. The number of hydrogen-bond acceptors (Lipinski definition) is 9. The summed E-state index contributed by atoms with van der Waals surface area (Å²) in [6, 6.07) is 22.0. The Labute approximate surface area is 319 Å². The zero-order chi connectivity index (χ0) is 37.8. The molecule has 54 heavy (non-hydrogen) atoms. The number of allylic oxidation sites excluding steroid dienone is 2. The van der Waals surface area contributed by atoms with E-state index in [1.165, 1.54) is 15.6 Å². The van der Waals surface area contributed by atoms with E-state index in [1.54, 1.807) is 43.5 Å². The first-order valence-electron chi connectivity index (χ1n) is 17.8. The maximum absolute atomic E-state index is 15.1. The Kier molecular flexibility index (Phi) is 7.90. The molecular weight excluding hydrogens is 728 g/mol. The number of phenolic OH excluding ortho intramolecular Hbond substituents is 1. The van der Waals surface area contributed by atoms with Gasteiger partial charge >= 0.3 is 0 Å².